The van der Waals surface area contributed by atoms with Crippen molar-refractivity contribution >= 4 is 17.7 Å². The van der Waals surface area contributed by atoms with Gasteiger partial charge in [-0.1, -0.05) is 0 Å². The van der Waals surface area contributed by atoms with Gasteiger partial charge in [0.15, 0.2) is 0 Å². The molecule has 4 heteroatoms. The van der Waals surface area contributed by atoms with E-state index in [1.165, 1.54) is 0 Å². The van der Waals surface area contributed by atoms with E-state index in [1.807, 2.05) is 0 Å². The topological polar surface area (TPSA) is 42.9 Å². The second kappa shape index (κ2) is 3.22. The molecule has 0 N–H and O–H groups in total. The summed E-state index contributed by atoms with van der Waals surface area (Å²) in [5.74, 6) is 0.488. The Labute approximate surface area is 63.9 Å². The summed E-state index contributed by atoms with van der Waals surface area (Å²) < 4.78 is 0. The minimum Gasteiger partial charge on any atom is -0.742 e. The van der Waals surface area contributed by atoms with Crippen LogP contribution in [0.5, 0.6) is 0 Å². The molecule has 0 unspecified atom stereocenters. The summed E-state index contributed by atoms with van der Waals surface area (Å²) in [6, 6.07) is 1.69. The lowest BCUT2D eigenvalue weighted by Crippen LogP contribution is -2.01. The highest BCUT2D eigenvalue weighted by molar-refractivity contribution is 7.77. The summed E-state index contributed by atoms with van der Waals surface area (Å²) >= 11 is 4.34. The van der Waals surface area contributed by atoms with Gasteiger partial charge < -0.3 is 17.4 Å². The van der Waals surface area contributed by atoms with Crippen molar-refractivity contribution < 1.29 is 4.79 Å². The van der Waals surface area contributed by atoms with E-state index < -0.39 is 0 Å². The molecular weight excluding hydrogens is 148 g/mol. The van der Waals surface area contributed by atoms with E-state index >= 15 is 0 Å². The maximum Gasteiger partial charge on any atom is 0.133 e. The molecule has 1 heterocycles. The van der Waals surface area contributed by atoms with Crippen molar-refractivity contribution in [1.29, 1.82) is 0 Å². The molecule has 3 nitrogen and oxygen atoms in total. The third kappa shape index (κ3) is 2.06. The first-order valence-electron chi connectivity index (χ1n) is 2.75. The molecule has 0 aliphatic rings. The van der Waals surface area contributed by atoms with Crippen LogP contribution < -0.4 is 0 Å². The second-order valence-corrected chi connectivity index (χ2v) is 2.17. The zero-order chi connectivity index (χ0) is 7.40. The standard InChI is InChI=1S/C6H6N2OS/c9-6(10)4-5-7-2-1-3-8-5/h1-3H,4H2,(H,9,10)/p-1. The van der Waals surface area contributed by atoms with Crippen molar-refractivity contribution in [3.63, 3.8) is 0 Å². The van der Waals surface area contributed by atoms with E-state index in [0.29, 0.717) is 5.82 Å². The molecule has 0 radical (unpaired) electrons. The Balaban J connectivity index is 2.67. The highest BCUT2D eigenvalue weighted by Crippen LogP contribution is 1.88. The zero-order valence-electron chi connectivity index (χ0n) is 5.15. The first-order chi connectivity index (χ1) is 4.79. The van der Waals surface area contributed by atoms with Gasteiger partial charge in [-0.2, -0.15) is 0 Å². The SMILES string of the molecule is O=C([S-])Cc1ncccn1. The van der Waals surface area contributed by atoms with Gasteiger partial charge in [0.05, 0.1) is 0 Å². The summed E-state index contributed by atoms with van der Waals surface area (Å²) in [6.07, 6.45) is 3.32. The van der Waals surface area contributed by atoms with Crippen LogP contribution >= 0.6 is 0 Å². The maximum absolute atomic E-state index is 10.3. The van der Waals surface area contributed by atoms with Gasteiger partial charge in [0.2, 0.25) is 0 Å². The highest BCUT2D eigenvalue weighted by Gasteiger charge is 1.91. The van der Waals surface area contributed by atoms with E-state index in [1.54, 1.807) is 18.5 Å². The van der Waals surface area contributed by atoms with E-state index in [2.05, 4.69) is 22.6 Å². The maximum atomic E-state index is 10.3. The molecule has 0 aromatic carbocycles. The van der Waals surface area contributed by atoms with Crippen LogP contribution in [0.25, 0.3) is 0 Å². The van der Waals surface area contributed by atoms with E-state index in [-0.39, 0.29) is 11.5 Å². The van der Waals surface area contributed by atoms with Crippen molar-refractivity contribution in [2.75, 3.05) is 0 Å². The Kier molecular flexibility index (Phi) is 2.28. The first-order valence-corrected chi connectivity index (χ1v) is 3.15. The molecule has 0 bridgehead atoms. The predicted octanol–water partition coefficient (Wildman–Crippen LogP) is 0.0926. The fourth-order valence-electron chi connectivity index (χ4n) is 0.550. The minimum atomic E-state index is -0.328. The van der Waals surface area contributed by atoms with Crippen LogP contribution in [0, 0.1) is 0 Å². The summed E-state index contributed by atoms with van der Waals surface area (Å²) in [6.45, 7) is 0. The van der Waals surface area contributed by atoms with Crippen molar-refractivity contribution in [2.24, 2.45) is 0 Å². The molecule has 1 aromatic heterocycles. The molecule has 0 amide bonds. The number of rotatable bonds is 2. The summed E-state index contributed by atoms with van der Waals surface area (Å²) in [5.41, 5.74) is 0. The molecule has 0 fully saturated rings. The van der Waals surface area contributed by atoms with Crippen molar-refractivity contribution in [2.45, 2.75) is 6.42 Å². The summed E-state index contributed by atoms with van der Waals surface area (Å²) in [7, 11) is 0. The second-order valence-electron chi connectivity index (χ2n) is 1.71. The van der Waals surface area contributed by atoms with Crippen molar-refractivity contribution in [3.8, 4) is 0 Å². The molecule has 0 saturated carbocycles. The molecule has 52 valence electrons. The van der Waals surface area contributed by atoms with Gasteiger partial charge in [-0.3, -0.25) is 0 Å². The molecule has 0 aliphatic heterocycles. The predicted molar refractivity (Wildman–Crippen MR) is 38.1 cm³/mol. The summed E-state index contributed by atoms with van der Waals surface area (Å²) in [4.78, 5) is 18.0. The van der Waals surface area contributed by atoms with Crippen LogP contribution in [0.1, 0.15) is 5.82 Å². The summed E-state index contributed by atoms with van der Waals surface area (Å²) in [5, 5.41) is -0.328. The highest BCUT2D eigenvalue weighted by atomic mass is 32.1. The lowest BCUT2D eigenvalue weighted by Gasteiger charge is -1.99. The number of carbonyl (C=O) groups is 1. The van der Waals surface area contributed by atoms with Crippen LogP contribution in [0.2, 0.25) is 0 Å². The fourth-order valence-corrected chi connectivity index (χ4v) is 0.679. The van der Waals surface area contributed by atoms with Crippen molar-refractivity contribution in [1.82, 2.24) is 9.97 Å². The Morgan fingerprint density at radius 3 is 2.60 bits per heavy atom. The van der Waals surface area contributed by atoms with Gasteiger partial charge in [0, 0.05) is 23.9 Å². The quantitative estimate of drug-likeness (QED) is 0.565. The molecule has 0 saturated heterocycles. The Morgan fingerprint density at radius 2 is 2.10 bits per heavy atom. The van der Waals surface area contributed by atoms with Gasteiger partial charge in [-0.05, 0) is 6.07 Å². The van der Waals surface area contributed by atoms with E-state index in [4.69, 9.17) is 0 Å². The van der Waals surface area contributed by atoms with Crippen LogP contribution in [0.15, 0.2) is 18.5 Å². The van der Waals surface area contributed by atoms with E-state index in [0.717, 1.165) is 0 Å². The van der Waals surface area contributed by atoms with Crippen LogP contribution in [0.4, 0.5) is 0 Å². The molecule has 0 aliphatic carbocycles. The van der Waals surface area contributed by atoms with Gasteiger partial charge in [0.25, 0.3) is 0 Å². The molecule has 0 spiro atoms. The largest absolute Gasteiger partial charge is 0.742 e. The fraction of sp³-hybridized carbons (Fsp3) is 0.167. The normalized spacial score (nSPS) is 9.20. The van der Waals surface area contributed by atoms with Gasteiger partial charge >= 0.3 is 0 Å². The average Bonchev–Trinajstić information content (AvgIpc) is 1.88. The van der Waals surface area contributed by atoms with Crippen LogP contribution in [-0.4, -0.2) is 15.1 Å². The third-order valence-corrected chi connectivity index (χ3v) is 1.07. The lowest BCUT2D eigenvalue weighted by atomic mass is 10.4. The first kappa shape index (κ1) is 7.08. The number of nitrogens with zero attached hydrogens (tertiary/aromatic N) is 2. The molecule has 10 heavy (non-hydrogen) atoms. The van der Waals surface area contributed by atoms with Crippen molar-refractivity contribution in [3.05, 3.63) is 24.3 Å². The van der Waals surface area contributed by atoms with Gasteiger partial charge in [0.1, 0.15) is 5.82 Å². The zero-order valence-corrected chi connectivity index (χ0v) is 5.97. The Hall–Kier alpha value is -1.03. The third-order valence-electron chi connectivity index (χ3n) is 0.922. The Bertz CT molecular complexity index is 224. The van der Waals surface area contributed by atoms with Gasteiger partial charge in [-0.15, -0.1) is 0 Å². The number of aromatic nitrogens is 2. The van der Waals surface area contributed by atoms with Gasteiger partial charge in [-0.25, -0.2) is 9.97 Å². The number of hydrogen-bond acceptors (Lipinski definition) is 4. The smallest absolute Gasteiger partial charge is 0.133 e. The lowest BCUT2D eigenvalue weighted by molar-refractivity contribution is -0.110. The number of hydrogen-bond donors (Lipinski definition) is 0. The number of carbonyl (C=O) groups excluding carboxylic acids is 1. The minimum absolute atomic E-state index is 0.149. The average molecular weight is 153 g/mol. The van der Waals surface area contributed by atoms with Crippen LogP contribution in [-0.2, 0) is 23.8 Å². The van der Waals surface area contributed by atoms with Crippen LogP contribution in [0.3, 0.4) is 0 Å². The molecular formula is C6H5N2OS-. The molecule has 1 rings (SSSR count). The Morgan fingerprint density at radius 1 is 1.50 bits per heavy atom. The monoisotopic (exact) mass is 153 g/mol. The van der Waals surface area contributed by atoms with E-state index in [9.17, 15) is 4.79 Å². The molecule has 0 atom stereocenters. The molecule has 1 aromatic rings.